The molecule has 2 amide bonds. The van der Waals surface area contributed by atoms with Gasteiger partial charge in [0.05, 0.1) is 15.2 Å². The first-order valence-electron chi connectivity index (χ1n) is 10.7. The second-order valence-electron chi connectivity index (χ2n) is 7.96. The number of likely N-dealkylation sites (tertiary alicyclic amines) is 1. The smallest absolute Gasteiger partial charge is 0.317 e. The third kappa shape index (κ3) is 3.92. The molecule has 0 spiro atoms. The summed E-state index contributed by atoms with van der Waals surface area (Å²) in [5.41, 5.74) is 3.65. The van der Waals surface area contributed by atoms with E-state index in [0.29, 0.717) is 12.5 Å². The number of piperidine rings is 1. The topological polar surface area (TPSA) is 61.0 Å². The average Bonchev–Trinajstić information content (AvgIpc) is 3.40. The number of H-pyrrole nitrogens is 1. The molecule has 2 aromatic carbocycles. The Kier molecular flexibility index (Phi) is 5.41. The van der Waals surface area contributed by atoms with Gasteiger partial charge in [0, 0.05) is 43.2 Å². The van der Waals surface area contributed by atoms with E-state index in [1.54, 1.807) is 11.3 Å². The number of aryl methyl sites for hydroxylation is 1. The molecule has 0 unspecified atom stereocenters. The highest BCUT2D eigenvalue weighted by molar-refractivity contribution is 7.18. The van der Waals surface area contributed by atoms with Gasteiger partial charge in [0.2, 0.25) is 0 Å². The molecular weight excluding hydrogens is 392 g/mol. The zero-order valence-electron chi connectivity index (χ0n) is 16.9. The summed E-state index contributed by atoms with van der Waals surface area (Å²) in [6, 6.07) is 16.8. The number of nitrogens with zero attached hydrogens (tertiary/aromatic N) is 2. The van der Waals surface area contributed by atoms with Gasteiger partial charge in [-0.15, -0.1) is 11.3 Å². The number of nitrogens with one attached hydrogen (secondary N) is 2. The first-order chi connectivity index (χ1) is 14.8. The predicted molar refractivity (Wildman–Crippen MR) is 123 cm³/mol. The standard InChI is InChI=1S/C24H26N4OS/c29-24(25-13-5-10-23-27-21-8-3-4-9-22(21)30-23)28-14-11-17(12-15-28)19-16-26-20-7-2-1-6-18(19)20/h1-4,6-9,16-17,26H,5,10-15H2,(H,25,29). The van der Waals surface area contributed by atoms with Gasteiger partial charge in [-0.2, -0.15) is 0 Å². The van der Waals surface area contributed by atoms with Crippen molar-refractivity contribution in [2.24, 2.45) is 0 Å². The van der Waals surface area contributed by atoms with Gasteiger partial charge in [-0.1, -0.05) is 30.3 Å². The molecule has 1 aliphatic heterocycles. The molecule has 1 fully saturated rings. The Bertz CT molecular complexity index is 1120. The maximum atomic E-state index is 12.6. The van der Waals surface area contributed by atoms with E-state index in [-0.39, 0.29) is 6.03 Å². The molecule has 1 aliphatic rings. The van der Waals surface area contributed by atoms with E-state index in [2.05, 4.69) is 57.9 Å². The molecule has 154 valence electrons. The number of aromatic nitrogens is 2. The number of fused-ring (bicyclic) bond motifs is 2. The number of rotatable bonds is 5. The highest BCUT2D eigenvalue weighted by Gasteiger charge is 2.25. The molecule has 1 saturated heterocycles. The lowest BCUT2D eigenvalue weighted by molar-refractivity contribution is 0.181. The number of carbonyl (C=O) groups excluding carboxylic acids is 1. The van der Waals surface area contributed by atoms with E-state index in [1.807, 2.05) is 17.0 Å². The molecule has 0 saturated carbocycles. The van der Waals surface area contributed by atoms with E-state index in [0.717, 1.165) is 49.3 Å². The van der Waals surface area contributed by atoms with Crippen molar-refractivity contribution >= 4 is 38.5 Å². The molecular formula is C24H26N4OS. The van der Waals surface area contributed by atoms with E-state index >= 15 is 0 Å². The molecule has 0 radical (unpaired) electrons. The van der Waals surface area contributed by atoms with Gasteiger partial charge >= 0.3 is 6.03 Å². The normalized spacial score (nSPS) is 15.1. The molecule has 5 rings (SSSR count). The van der Waals surface area contributed by atoms with Crippen LogP contribution in [0, 0.1) is 0 Å². The number of thiazole rings is 1. The zero-order chi connectivity index (χ0) is 20.3. The molecule has 4 aromatic rings. The van der Waals surface area contributed by atoms with Crippen molar-refractivity contribution in [3.05, 3.63) is 65.3 Å². The van der Waals surface area contributed by atoms with Gasteiger partial charge in [0.15, 0.2) is 0 Å². The fourth-order valence-electron chi connectivity index (χ4n) is 4.40. The van der Waals surface area contributed by atoms with Crippen molar-refractivity contribution in [1.29, 1.82) is 0 Å². The first kappa shape index (κ1) is 19.1. The van der Waals surface area contributed by atoms with Crippen LogP contribution < -0.4 is 5.32 Å². The number of para-hydroxylation sites is 2. The summed E-state index contributed by atoms with van der Waals surface area (Å²) in [5, 5.41) is 5.55. The number of carbonyl (C=O) groups is 1. The zero-order valence-corrected chi connectivity index (χ0v) is 17.8. The lowest BCUT2D eigenvalue weighted by atomic mass is 9.89. The summed E-state index contributed by atoms with van der Waals surface area (Å²) >= 11 is 1.75. The van der Waals surface area contributed by atoms with Gasteiger partial charge in [0.1, 0.15) is 0 Å². The number of benzene rings is 2. The molecule has 2 N–H and O–H groups in total. The number of urea groups is 1. The lowest BCUT2D eigenvalue weighted by Gasteiger charge is -2.32. The van der Waals surface area contributed by atoms with Gasteiger partial charge in [-0.25, -0.2) is 9.78 Å². The highest BCUT2D eigenvalue weighted by Crippen LogP contribution is 2.33. The van der Waals surface area contributed by atoms with E-state index in [4.69, 9.17) is 0 Å². The Balaban J connectivity index is 1.08. The van der Waals surface area contributed by atoms with Crippen LogP contribution in [-0.4, -0.2) is 40.5 Å². The Labute approximate surface area is 180 Å². The maximum Gasteiger partial charge on any atom is 0.317 e. The Morgan fingerprint density at radius 3 is 2.80 bits per heavy atom. The van der Waals surface area contributed by atoms with Crippen molar-refractivity contribution in [2.45, 2.75) is 31.6 Å². The van der Waals surface area contributed by atoms with Crippen molar-refractivity contribution < 1.29 is 4.79 Å². The summed E-state index contributed by atoms with van der Waals surface area (Å²) in [4.78, 5) is 22.6. The number of amides is 2. The third-order valence-electron chi connectivity index (χ3n) is 6.03. The van der Waals surface area contributed by atoms with Crippen molar-refractivity contribution in [1.82, 2.24) is 20.2 Å². The molecule has 2 aromatic heterocycles. The molecule has 0 bridgehead atoms. The van der Waals surface area contributed by atoms with Crippen molar-refractivity contribution in [3.8, 4) is 0 Å². The monoisotopic (exact) mass is 418 g/mol. The minimum absolute atomic E-state index is 0.0664. The van der Waals surface area contributed by atoms with Gasteiger partial charge in [-0.05, 0) is 48.9 Å². The van der Waals surface area contributed by atoms with Crippen LogP contribution in [0.25, 0.3) is 21.1 Å². The van der Waals surface area contributed by atoms with Crippen LogP contribution >= 0.6 is 11.3 Å². The quantitative estimate of drug-likeness (QED) is 0.432. The SMILES string of the molecule is O=C(NCCCc1nc2ccccc2s1)N1CCC(c2c[nH]c3ccccc23)CC1. The maximum absolute atomic E-state index is 12.6. The molecule has 6 heteroatoms. The fourth-order valence-corrected chi connectivity index (χ4v) is 5.41. The third-order valence-corrected chi connectivity index (χ3v) is 7.12. The Morgan fingerprint density at radius 2 is 1.93 bits per heavy atom. The molecule has 0 aliphatic carbocycles. The molecule has 5 nitrogen and oxygen atoms in total. The number of aromatic amines is 1. The molecule has 3 heterocycles. The summed E-state index contributed by atoms with van der Waals surface area (Å²) in [6.45, 7) is 2.32. The molecule has 30 heavy (non-hydrogen) atoms. The highest BCUT2D eigenvalue weighted by atomic mass is 32.1. The lowest BCUT2D eigenvalue weighted by Crippen LogP contribution is -2.44. The van der Waals surface area contributed by atoms with E-state index < -0.39 is 0 Å². The second-order valence-corrected chi connectivity index (χ2v) is 9.08. The van der Waals surface area contributed by atoms with Crippen molar-refractivity contribution in [2.75, 3.05) is 19.6 Å². The second kappa shape index (κ2) is 8.48. The summed E-state index contributed by atoms with van der Waals surface area (Å²) in [6.07, 6.45) is 5.99. The molecule has 0 atom stereocenters. The largest absolute Gasteiger partial charge is 0.361 e. The van der Waals surface area contributed by atoms with Crippen LogP contribution in [0.4, 0.5) is 4.79 Å². The summed E-state index contributed by atoms with van der Waals surface area (Å²) < 4.78 is 1.23. The minimum atomic E-state index is 0.0664. The van der Waals surface area contributed by atoms with Gasteiger partial charge in [-0.3, -0.25) is 0 Å². The number of hydrogen-bond donors (Lipinski definition) is 2. The van der Waals surface area contributed by atoms with Gasteiger partial charge < -0.3 is 15.2 Å². The fraction of sp³-hybridized carbons (Fsp3) is 0.333. The van der Waals surface area contributed by atoms with Crippen molar-refractivity contribution in [3.63, 3.8) is 0 Å². The number of hydrogen-bond acceptors (Lipinski definition) is 3. The summed E-state index contributed by atoms with van der Waals surface area (Å²) in [7, 11) is 0. The van der Waals surface area contributed by atoms with Gasteiger partial charge in [0.25, 0.3) is 0 Å². The first-order valence-corrected chi connectivity index (χ1v) is 11.5. The van der Waals surface area contributed by atoms with Crippen LogP contribution in [0.2, 0.25) is 0 Å². The Hall–Kier alpha value is -2.86. The minimum Gasteiger partial charge on any atom is -0.361 e. The van der Waals surface area contributed by atoms with Crippen LogP contribution in [-0.2, 0) is 6.42 Å². The van der Waals surface area contributed by atoms with Crippen LogP contribution in [0.15, 0.2) is 54.7 Å². The summed E-state index contributed by atoms with van der Waals surface area (Å²) in [5.74, 6) is 0.518. The van der Waals surface area contributed by atoms with Crippen LogP contribution in [0.1, 0.15) is 35.8 Å². The van der Waals surface area contributed by atoms with E-state index in [1.165, 1.54) is 21.2 Å². The Morgan fingerprint density at radius 1 is 1.13 bits per heavy atom. The van der Waals surface area contributed by atoms with Crippen LogP contribution in [0.5, 0.6) is 0 Å². The van der Waals surface area contributed by atoms with Crippen LogP contribution in [0.3, 0.4) is 0 Å². The average molecular weight is 419 g/mol. The van der Waals surface area contributed by atoms with E-state index in [9.17, 15) is 4.79 Å². The predicted octanol–water partition coefficient (Wildman–Crippen LogP) is 5.30.